The summed E-state index contributed by atoms with van der Waals surface area (Å²) >= 11 is 5.93. The second-order valence-electron chi connectivity index (χ2n) is 9.80. The van der Waals surface area contributed by atoms with E-state index in [-0.39, 0.29) is 18.2 Å². The second kappa shape index (κ2) is 11.5. The van der Waals surface area contributed by atoms with Crippen molar-refractivity contribution in [3.05, 3.63) is 76.5 Å². The largest absolute Gasteiger partial charge is 0.380 e. The van der Waals surface area contributed by atoms with Crippen LogP contribution in [-0.4, -0.2) is 54.7 Å². The van der Waals surface area contributed by atoms with Gasteiger partial charge in [0.25, 0.3) is 0 Å². The van der Waals surface area contributed by atoms with Crippen LogP contribution in [0, 0.1) is 5.92 Å². The maximum atomic E-state index is 12.9. The van der Waals surface area contributed by atoms with E-state index in [1.54, 1.807) is 11.0 Å². The van der Waals surface area contributed by atoms with Crippen LogP contribution in [-0.2, 0) is 33.7 Å². The first kappa shape index (κ1) is 25.4. The normalized spacial score (nSPS) is 19.6. The van der Waals surface area contributed by atoms with Gasteiger partial charge in [-0.2, -0.15) is 0 Å². The van der Waals surface area contributed by atoms with Gasteiger partial charge in [0.2, 0.25) is 11.8 Å². The van der Waals surface area contributed by atoms with Crippen molar-refractivity contribution in [1.29, 1.82) is 0 Å². The van der Waals surface area contributed by atoms with Crippen LogP contribution in [0.15, 0.2) is 59.1 Å². The second-order valence-corrected chi connectivity index (χ2v) is 10.2. The number of carbonyl (C=O) groups is 2. The quantitative estimate of drug-likeness (QED) is 0.450. The molecule has 0 aliphatic carbocycles. The molecule has 2 aliphatic heterocycles. The van der Waals surface area contributed by atoms with Crippen molar-refractivity contribution in [1.82, 2.24) is 10.1 Å². The molecule has 8 nitrogen and oxygen atoms in total. The summed E-state index contributed by atoms with van der Waals surface area (Å²) in [5, 5.41) is 7.48. The summed E-state index contributed by atoms with van der Waals surface area (Å²) in [5.41, 5.74) is 3.12. The number of amides is 2. The molecule has 0 spiro atoms. The zero-order chi connectivity index (χ0) is 25.8. The SMILES string of the molecule is CN(Cc1ccc(N2CC(C(=O)Nc3cc(CCc4ccc(Cl)cc4)on3)CC2=O)cc1)C1CCOC1. The number of ether oxygens (including phenoxy) is 1. The van der Waals surface area contributed by atoms with Gasteiger partial charge < -0.3 is 19.5 Å². The van der Waals surface area contributed by atoms with E-state index in [4.69, 9.17) is 20.9 Å². The van der Waals surface area contributed by atoms with E-state index in [0.29, 0.717) is 35.6 Å². The van der Waals surface area contributed by atoms with Crippen molar-refractivity contribution in [3.8, 4) is 0 Å². The van der Waals surface area contributed by atoms with Crippen LogP contribution in [0.25, 0.3) is 0 Å². The summed E-state index contributed by atoms with van der Waals surface area (Å²) in [6, 6.07) is 17.8. The third-order valence-electron chi connectivity index (χ3n) is 7.09. The zero-order valence-corrected chi connectivity index (χ0v) is 21.6. The lowest BCUT2D eigenvalue weighted by atomic mass is 10.1. The Kier molecular flexibility index (Phi) is 7.88. The molecule has 2 amide bonds. The van der Waals surface area contributed by atoms with Crippen LogP contribution in [0.3, 0.4) is 0 Å². The molecular weight excluding hydrogens is 492 g/mol. The Morgan fingerprint density at radius 1 is 1.14 bits per heavy atom. The molecule has 2 aromatic carbocycles. The van der Waals surface area contributed by atoms with Crippen molar-refractivity contribution >= 4 is 34.9 Å². The molecule has 194 valence electrons. The molecule has 0 saturated carbocycles. The lowest BCUT2D eigenvalue weighted by Crippen LogP contribution is -2.31. The van der Waals surface area contributed by atoms with Crippen LogP contribution in [0.4, 0.5) is 11.5 Å². The molecule has 3 heterocycles. The molecule has 2 atom stereocenters. The average Bonchev–Trinajstić information content (AvgIpc) is 3.66. The third kappa shape index (κ3) is 6.39. The molecule has 0 bridgehead atoms. The van der Waals surface area contributed by atoms with E-state index in [2.05, 4.69) is 22.4 Å². The molecule has 37 heavy (non-hydrogen) atoms. The van der Waals surface area contributed by atoms with Gasteiger partial charge in [-0.15, -0.1) is 0 Å². The summed E-state index contributed by atoms with van der Waals surface area (Å²) in [5.74, 6) is 0.306. The fourth-order valence-electron chi connectivity index (χ4n) is 4.84. The Labute approximate surface area is 221 Å². The number of aryl methyl sites for hydroxylation is 2. The van der Waals surface area contributed by atoms with Gasteiger partial charge in [0.15, 0.2) is 5.82 Å². The number of rotatable bonds is 9. The predicted molar refractivity (Wildman–Crippen MR) is 142 cm³/mol. The van der Waals surface area contributed by atoms with Gasteiger partial charge in [-0.3, -0.25) is 14.5 Å². The van der Waals surface area contributed by atoms with Crippen LogP contribution >= 0.6 is 11.6 Å². The summed E-state index contributed by atoms with van der Waals surface area (Å²) in [6.45, 7) is 2.76. The Bertz CT molecular complexity index is 1220. The van der Waals surface area contributed by atoms with E-state index in [1.807, 2.05) is 48.5 Å². The Morgan fingerprint density at radius 3 is 2.62 bits per heavy atom. The number of likely N-dealkylation sites (N-methyl/N-ethyl adjacent to an activating group) is 1. The molecule has 1 N–H and O–H groups in total. The predicted octanol–water partition coefficient (Wildman–Crippen LogP) is 4.33. The van der Waals surface area contributed by atoms with Gasteiger partial charge in [-0.05, 0) is 55.3 Å². The lowest BCUT2D eigenvalue weighted by molar-refractivity contribution is -0.122. The Morgan fingerprint density at radius 2 is 1.89 bits per heavy atom. The van der Waals surface area contributed by atoms with Crippen LogP contribution < -0.4 is 10.2 Å². The molecule has 2 fully saturated rings. The van der Waals surface area contributed by atoms with Gasteiger partial charge in [0.05, 0.1) is 12.5 Å². The van der Waals surface area contributed by atoms with Gasteiger partial charge in [0.1, 0.15) is 5.76 Å². The van der Waals surface area contributed by atoms with E-state index in [9.17, 15) is 9.59 Å². The third-order valence-corrected chi connectivity index (χ3v) is 7.34. The smallest absolute Gasteiger partial charge is 0.231 e. The van der Waals surface area contributed by atoms with E-state index in [1.165, 1.54) is 5.56 Å². The molecule has 5 rings (SSSR count). The number of aromatic nitrogens is 1. The first-order chi connectivity index (χ1) is 17.9. The van der Waals surface area contributed by atoms with Crippen LogP contribution in [0.5, 0.6) is 0 Å². The van der Waals surface area contributed by atoms with Gasteiger partial charge in [0, 0.05) is 55.4 Å². The van der Waals surface area contributed by atoms with E-state index < -0.39 is 5.92 Å². The van der Waals surface area contributed by atoms with Crippen molar-refractivity contribution in [3.63, 3.8) is 0 Å². The molecular formula is C28H31ClN4O4. The molecule has 9 heteroatoms. The molecule has 1 aromatic heterocycles. The van der Waals surface area contributed by atoms with Crippen molar-refractivity contribution in [2.45, 2.75) is 38.3 Å². The number of benzene rings is 2. The first-order valence-electron chi connectivity index (χ1n) is 12.6. The first-order valence-corrected chi connectivity index (χ1v) is 13.0. The van der Waals surface area contributed by atoms with E-state index in [0.717, 1.165) is 43.9 Å². The van der Waals surface area contributed by atoms with Crippen molar-refractivity contribution in [2.75, 3.05) is 37.0 Å². The number of nitrogens with zero attached hydrogens (tertiary/aromatic N) is 3. The Balaban J connectivity index is 1.12. The van der Waals surface area contributed by atoms with Gasteiger partial charge in [-0.25, -0.2) is 0 Å². The highest BCUT2D eigenvalue weighted by Gasteiger charge is 2.35. The Hall–Kier alpha value is -3.20. The fraction of sp³-hybridized carbons (Fsp3) is 0.393. The molecule has 0 radical (unpaired) electrons. The van der Waals surface area contributed by atoms with Crippen LogP contribution in [0.2, 0.25) is 5.02 Å². The zero-order valence-electron chi connectivity index (χ0n) is 20.9. The standard InChI is InChI=1S/C28H31ClN4O4/c1-32(24-12-13-36-18-24)16-20-4-9-23(10-5-20)33-17-21(14-27(33)34)28(35)30-26-15-25(37-31-26)11-6-19-2-7-22(29)8-3-19/h2-5,7-10,15,21,24H,6,11-14,16-18H2,1H3,(H,30,31,35). The summed E-state index contributed by atoms with van der Waals surface area (Å²) < 4.78 is 10.9. The maximum Gasteiger partial charge on any atom is 0.231 e. The van der Waals surface area contributed by atoms with Crippen molar-refractivity contribution in [2.24, 2.45) is 5.92 Å². The molecule has 2 unspecified atom stereocenters. The monoisotopic (exact) mass is 522 g/mol. The molecule has 2 saturated heterocycles. The summed E-state index contributed by atoms with van der Waals surface area (Å²) in [4.78, 5) is 29.5. The summed E-state index contributed by atoms with van der Waals surface area (Å²) in [6.07, 6.45) is 2.65. The minimum absolute atomic E-state index is 0.0584. The number of anilines is 2. The number of carbonyl (C=O) groups excluding carboxylic acids is 2. The molecule has 2 aliphatic rings. The molecule has 3 aromatic rings. The average molecular weight is 523 g/mol. The van der Waals surface area contributed by atoms with Gasteiger partial charge >= 0.3 is 0 Å². The maximum absolute atomic E-state index is 12.9. The van der Waals surface area contributed by atoms with Gasteiger partial charge in [-0.1, -0.05) is 41.0 Å². The number of halogens is 1. The number of nitrogens with one attached hydrogen (secondary N) is 1. The number of hydrogen-bond donors (Lipinski definition) is 1. The lowest BCUT2D eigenvalue weighted by Gasteiger charge is -2.23. The van der Waals surface area contributed by atoms with Crippen LogP contribution in [0.1, 0.15) is 29.7 Å². The topological polar surface area (TPSA) is 87.9 Å². The highest BCUT2D eigenvalue weighted by molar-refractivity contribution is 6.30. The summed E-state index contributed by atoms with van der Waals surface area (Å²) in [7, 11) is 2.11. The highest BCUT2D eigenvalue weighted by Crippen LogP contribution is 2.27. The number of hydrogen-bond acceptors (Lipinski definition) is 6. The highest BCUT2D eigenvalue weighted by atomic mass is 35.5. The minimum atomic E-state index is -0.449. The fourth-order valence-corrected chi connectivity index (χ4v) is 4.96. The van der Waals surface area contributed by atoms with E-state index >= 15 is 0 Å². The minimum Gasteiger partial charge on any atom is -0.380 e. The van der Waals surface area contributed by atoms with Crippen molar-refractivity contribution < 1.29 is 18.8 Å².